The van der Waals surface area contributed by atoms with E-state index in [0.717, 1.165) is 32.2 Å². The average molecular weight is 361 g/mol. The lowest BCUT2D eigenvalue weighted by Crippen LogP contribution is -2.48. The van der Waals surface area contributed by atoms with Crippen LogP contribution in [0.3, 0.4) is 0 Å². The number of ether oxygens (including phenoxy) is 1. The van der Waals surface area contributed by atoms with Crippen LogP contribution in [0, 0.1) is 5.92 Å². The Hall–Kier alpha value is -0.910. The van der Waals surface area contributed by atoms with Crippen molar-refractivity contribution in [2.75, 3.05) is 26.2 Å². The first-order valence-corrected chi connectivity index (χ1v) is 11.0. The molecule has 146 valence electrons. The summed E-state index contributed by atoms with van der Waals surface area (Å²) in [6, 6.07) is 3.70. The molecule has 2 aliphatic heterocycles. The molecule has 0 aromatic carbocycles. The predicted molar refractivity (Wildman–Crippen MR) is 104 cm³/mol. The van der Waals surface area contributed by atoms with E-state index < -0.39 is 0 Å². The van der Waals surface area contributed by atoms with Crippen LogP contribution >= 0.6 is 0 Å². The van der Waals surface area contributed by atoms with E-state index in [4.69, 9.17) is 4.74 Å². The molecule has 5 heteroatoms. The summed E-state index contributed by atoms with van der Waals surface area (Å²) in [6.45, 7) is 7.60. The van der Waals surface area contributed by atoms with E-state index in [1.54, 1.807) is 0 Å². The van der Waals surface area contributed by atoms with Crippen molar-refractivity contribution in [2.45, 2.75) is 83.0 Å². The first kappa shape index (κ1) is 18.5. The number of aryl methyl sites for hydroxylation is 1. The maximum Gasteiger partial charge on any atom is 0.103 e. The molecule has 0 unspecified atom stereocenters. The van der Waals surface area contributed by atoms with Crippen molar-refractivity contribution in [3.63, 3.8) is 0 Å². The van der Waals surface area contributed by atoms with Crippen molar-refractivity contribution >= 4 is 0 Å². The number of likely N-dealkylation sites (tertiary alicyclic amines) is 1. The summed E-state index contributed by atoms with van der Waals surface area (Å²) in [4.78, 5) is 2.78. The van der Waals surface area contributed by atoms with E-state index in [-0.39, 0.29) is 6.10 Å². The maximum absolute atomic E-state index is 6.08. The first-order valence-electron chi connectivity index (χ1n) is 11.0. The van der Waals surface area contributed by atoms with Crippen LogP contribution in [0.25, 0.3) is 0 Å². The molecule has 3 heterocycles. The molecule has 1 aromatic heterocycles. The molecule has 0 spiro atoms. The number of nitrogens with one attached hydrogen (secondary N) is 1. The van der Waals surface area contributed by atoms with Gasteiger partial charge in [-0.05, 0) is 58.2 Å². The van der Waals surface area contributed by atoms with Crippen LogP contribution in [-0.4, -0.2) is 53.0 Å². The zero-order valence-electron chi connectivity index (χ0n) is 16.4. The molecule has 1 N–H and O–H groups in total. The van der Waals surface area contributed by atoms with E-state index in [9.17, 15) is 0 Å². The number of piperidine rings is 1. The molecule has 3 aliphatic rings. The fourth-order valence-corrected chi connectivity index (χ4v) is 5.25. The third-order valence-electron chi connectivity index (χ3n) is 6.84. The molecule has 0 bridgehead atoms. The van der Waals surface area contributed by atoms with Gasteiger partial charge in [-0.3, -0.25) is 4.68 Å². The summed E-state index contributed by atoms with van der Waals surface area (Å²) in [7, 11) is 0. The Morgan fingerprint density at radius 3 is 2.69 bits per heavy atom. The van der Waals surface area contributed by atoms with Crippen molar-refractivity contribution in [1.29, 1.82) is 0 Å². The smallest absolute Gasteiger partial charge is 0.103 e. The topological polar surface area (TPSA) is 42.3 Å². The van der Waals surface area contributed by atoms with Gasteiger partial charge < -0.3 is 15.0 Å². The lowest BCUT2D eigenvalue weighted by atomic mass is 9.92. The van der Waals surface area contributed by atoms with Crippen molar-refractivity contribution < 1.29 is 4.74 Å². The average Bonchev–Trinajstić information content (AvgIpc) is 3.36. The van der Waals surface area contributed by atoms with Crippen molar-refractivity contribution in [2.24, 2.45) is 5.92 Å². The van der Waals surface area contributed by atoms with Gasteiger partial charge in [-0.25, -0.2) is 0 Å². The van der Waals surface area contributed by atoms with Gasteiger partial charge in [0.05, 0.1) is 5.69 Å². The highest BCUT2D eigenvalue weighted by Gasteiger charge is 2.33. The Balaban J connectivity index is 1.24. The van der Waals surface area contributed by atoms with Gasteiger partial charge in [0.1, 0.15) is 6.10 Å². The molecule has 1 aromatic rings. The second-order valence-electron chi connectivity index (χ2n) is 8.42. The second-order valence-corrected chi connectivity index (χ2v) is 8.42. The summed E-state index contributed by atoms with van der Waals surface area (Å²) >= 11 is 0. The lowest BCUT2D eigenvalue weighted by molar-refractivity contribution is 0.0794. The second kappa shape index (κ2) is 8.85. The summed E-state index contributed by atoms with van der Waals surface area (Å²) in [6.07, 6.45) is 13.1. The molecular formula is C21H36N4O. The van der Waals surface area contributed by atoms with E-state index >= 15 is 0 Å². The molecule has 4 rings (SSSR count). The van der Waals surface area contributed by atoms with Gasteiger partial charge in [0.2, 0.25) is 0 Å². The Labute approximate surface area is 158 Å². The molecule has 26 heavy (non-hydrogen) atoms. The molecule has 5 nitrogen and oxygen atoms in total. The predicted octanol–water partition coefficient (Wildman–Crippen LogP) is 3.37. The van der Waals surface area contributed by atoms with Gasteiger partial charge in [0.25, 0.3) is 0 Å². The SMILES string of the molecule is CCn1nccc1[C@@H]1OCC[C@H]1CNC1CCN(C2CCCCC2)CC1. The molecule has 1 aliphatic carbocycles. The minimum absolute atomic E-state index is 0.215. The number of rotatable bonds is 6. The first-order chi connectivity index (χ1) is 12.8. The van der Waals surface area contributed by atoms with E-state index in [2.05, 4.69) is 33.0 Å². The van der Waals surface area contributed by atoms with Gasteiger partial charge in [-0.15, -0.1) is 0 Å². The minimum atomic E-state index is 0.215. The third kappa shape index (κ3) is 4.15. The van der Waals surface area contributed by atoms with E-state index in [0.29, 0.717) is 12.0 Å². The van der Waals surface area contributed by atoms with Crippen molar-refractivity contribution in [1.82, 2.24) is 20.0 Å². The fraction of sp³-hybridized carbons (Fsp3) is 0.857. The number of hydrogen-bond acceptors (Lipinski definition) is 4. The molecular weight excluding hydrogens is 324 g/mol. The third-order valence-corrected chi connectivity index (χ3v) is 6.84. The number of hydrogen-bond donors (Lipinski definition) is 1. The molecule has 0 amide bonds. The Morgan fingerprint density at radius 2 is 1.92 bits per heavy atom. The van der Waals surface area contributed by atoms with Crippen molar-refractivity contribution in [3.05, 3.63) is 18.0 Å². The zero-order valence-corrected chi connectivity index (χ0v) is 16.4. The Bertz CT molecular complexity index is 546. The monoisotopic (exact) mass is 360 g/mol. The van der Waals surface area contributed by atoms with Crippen LogP contribution in [0.4, 0.5) is 0 Å². The maximum atomic E-state index is 6.08. The molecule has 0 radical (unpaired) electrons. The van der Waals surface area contributed by atoms with Gasteiger partial charge in [0.15, 0.2) is 0 Å². The van der Waals surface area contributed by atoms with Gasteiger partial charge >= 0.3 is 0 Å². The van der Waals surface area contributed by atoms with Crippen LogP contribution in [0.1, 0.15) is 70.1 Å². The highest BCUT2D eigenvalue weighted by atomic mass is 16.5. The molecule has 2 saturated heterocycles. The summed E-state index contributed by atoms with van der Waals surface area (Å²) in [5.41, 5.74) is 1.25. The molecule has 2 atom stereocenters. The van der Waals surface area contributed by atoms with Gasteiger partial charge in [-0.1, -0.05) is 19.3 Å². The zero-order chi connectivity index (χ0) is 17.8. The van der Waals surface area contributed by atoms with Crippen LogP contribution in [0.2, 0.25) is 0 Å². The highest BCUT2D eigenvalue weighted by Crippen LogP contribution is 2.34. The van der Waals surface area contributed by atoms with Crippen LogP contribution < -0.4 is 5.32 Å². The Morgan fingerprint density at radius 1 is 1.12 bits per heavy atom. The molecule has 1 saturated carbocycles. The largest absolute Gasteiger partial charge is 0.372 e. The quantitative estimate of drug-likeness (QED) is 0.845. The number of nitrogens with zero attached hydrogens (tertiary/aromatic N) is 3. The van der Waals surface area contributed by atoms with Crippen LogP contribution in [0.15, 0.2) is 12.3 Å². The standard InChI is InChI=1S/C21H36N4O/c1-2-25-20(8-12-23-25)21-17(11-15-26-21)16-22-18-9-13-24(14-10-18)19-6-4-3-5-7-19/h8,12,17-19,21-22H,2-7,9-11,13-16H2,1H3/t17-,21+/m0/s1. The lowest BCUT2D eigenvalue weighted by Gasteiger charge is -2.39. The summed E-state index contributed by atoms with van der Waals surface area (Å²) in [5.74, 6) is 0.577. The van der Waals surface area contributed by atoms with E-state index in [1.807, 2.05) is 6.20 Å². The highest BCUT2D eigenvalue weighted by molar-refractivity contribution is 5.08. The Kier molecular flexibility index (Phi) is 6.28. The summed E-state index contributed by atoms with van der Waals surface area (Å²) in [5, 5.41) is 8.31. The van der Waals surface area contributed by atoms with Crippen LogP contribution in [-0.2, 0) is 11.3 Å². The number of aromatic nitrogens is 2. The molecule has 3 fully saturated rings. The van der Waals surface area contributed by atoms with Crippen molar-refractivity contribution in [3.8, 4) is 0 Å². The summed E-state index contributed by atoms with van der Waals surface area (Å²) < 4.78 is 8.17. The fourth-order valence-electron chi connectivity index (χ4n) is 5.25. The van der Waals surface area contributed by atoms with Gasteiger partial charge in [-0.2, -0.15) is 5.10 Å². The van der Waals surface area contributed by atoms with Gasteiger partial charge in [0, 0.05) is 43.9 Å². The van der Waals surface area contributed by atoms with Crippen LogP contribution in [0.5, 0.6) is 0 Å². The van der Waals surface area contributed by atoms with E-state index in [1.165, 1.54) is 63.7 Å². The minimum Gasteiger partial charge on any atom is -0.372 e. The normalized spacial score (nSPS) is 29.4.